The molecule has 0 fully saturated rings. The number of dihydropyridines is 1. The summed E-state index contributed by atoms with van der Waals surface area (Å²) in [5, 5.41) is 5.86. The maximum Gasteiger partial charge on any atom is 0.336 e. The first-order chi connectivity index (χ1) is 18.8. The van der Waals surface area contributed by atoms with Crippen LogP contribution in [0.4, 0.5) is 0 Å². The lowest BCUT2D eigenvalue weighted by atomic mass is 9.78. The molecular weight excluding hydrogens is 516 g/mol. The molecule has 2 heterocycles. The average molecular weight is 549 g/mol. The van der Waals surface area contributed by atoms with Crippen molar-refractivity contribution in [2.24, 2.45) is 0 Å². The lowest BCUT2D eigenvalue weighted by molar-refractivity contribution is -0.139. The standard InChI is InChI=1S/C30H32N2O6S/c1-7-37-29(33)25-17(3)31-18(4)26(30(34)38-8-2)27(25)20-11-9-10-12-21(20)28-32-23(16-39-28)22-15-19(35-5)13-14-24(22)36-6/h9-16,27,31H,7-8H2,1-6H3. The molecule has 1 aliphatic heterocycles. The maximum absolute atomic E-state index is 13.3. The highest BCUT2D eigenvalue weighted by atomic mass is 32.1. The number of carbonyl (C=O) groups excluding carboxylic acids is 2. The Balaban J connectivity index is 1.89. The van der Waals surface area contributed by atoms with Gasteiger partial charge in [0.2, 0.25) is 0 Å². The number of rotatable bonds is 9. The Morgan fingerprint density at radius 2 is 1.54 bits per heavy atom. The Labute approximate surface area is 232 Å². The van der Waals surface area contributed by atoms with E-state index in [9.17, 15) is 9.59 Å². The smallest absolute Gasteiger partial charge is 0.336 e. The van der Waals surface area contributed by atoms with Crippen molar-refractivity contribution in [1.29, 1.82) is 0 Å². The van der Waals surface area contributed by atoms with E-state index in [0.717, 1.165) is 27.4 Å². The Morgan fingerprint density at radius 3 is 2.13 bits per heavy atom. The molecule has 1 aromatic heterocycles. The van der Waals surface area contributed by atoms with Crippen molar-refractivity contribution in [2.45, 2.75) is 33.6 Å². The van der Waals surface area contributed by atoms with Crippen LogP contribution in [0, 0.1) is 0 Å². The van der Waals surface area contributed by atoms with Gasteiger partial charge in [0.1, 0.15) is 16.5 Å². The molecule has 3 aromatic rings. The van der Waals surface area contributed by atoms with Gasteiger partial charge >= 0.3 is 11.9 Å². The summed E-state index contributed by atoms with van der Waals surface area (Å²) < 4.78 is 21.8. The third-order valence-corrected chi connectivity index (χ3v) is 7.32. The fourth-order valence-corrected chi connectivity index (χ4v) is 5.61. The minimum absolute atomic E-state index is 0.208. The SMILES string of the molecule is CCOC(=O)C1=C(C)NC(C)=C(C(=O)OCC)C1c1ccccc1-c1nc(-c2cc(OC)ccc2OC)cs1. The zero-order valence-electron chi connectivity index (χ0n) is 22.9. The van der Waals surface area contributed by atoms with Gasteiger partial charge in [0.15, 0.2) is 0 Å². The van der Waals surface area contributed by atoms with Crippen LogP contribution in [0.2, 0.25) is 0 Å². The molecule has 0 radical (unpaired) electrons. The number of methoxy groups -OCH3 is 2. The van der Waals surface area contributed by atoms with Crippen LogP contribution in [0.15, 0.2) is 70.4 Å². The predicted octanol–water partition coefficient (Wildman–Crippen LogP) is 5.86. The van der Waals surface area contributed by atoms with Gasteiger partial charge in [-0.3, -0.25) is 0 Å². The summed E-state index contributed by atoms with van der Waals surface area (Å²) >= 11 is 1.46. The highest BCUT2D eigenvalue weighted by Gasteiger charge is 2.39. The lowest BCUT2D eigenvalue weighted by Gasteiger charge is -2.31. The van der Waals surface area contributed by atoms with Crippen LogP contribution in [0.1, 0.15) is 39.2 Å². The number of hydrogen-bond donors (Lipinski definition) is 1. The van der Waals surface area contributed by atoms with Crippen LogP contribution in [0.25, 0.3) is 21.8 Å². The molecule has 0 unspecified atom stereocenters. The Hall–Kier alpha value is -4.11. The number of thiazole rings is 1. The number of allylic oxidation sites excluding steroid dienone is 2. The van der Waals surface area contributed by atoms with Crippen LogP contribution in [0.5, 0.6) is 11.5 Å². The normalized spacial score (nSPS) is 13.7. The summed E-state index contributed by atoms with van der Waals surface area (Å²) in [5.74, 6) is -0.324. The number of carbonyl (C=O) groups is 2. The van der Waals surface area contributed by atoms with E-state index in [1.54, 1.807) is 28.1 Å². The van der Waals surface area contributed by atoms with Crippen molar-refractivity contribution in [3.05, 3.63) is 75.9 Å². The number of nitrogens with one attached hydrogen (secondary N) is 1. The van der Waals surface area contributed by atoms with Gasteiger partial charge in [0.25, 0.3) is 0 Å². The fourth-order valence-electron chi connectivity index (χ4n) is 4.74. The average Bonchev–Trinajstić information content (AvgIpc) is 3.42. The van der Waals surface area contributed by atoms with E-state index in [4.69, 9.17) is 23.9 Å². The van der Waals surface area contributed by atoms with Gasteiger partial charge in [-0.2, -0.15) is 0 Å². The molecule has 39 heavy (non-hydrogen) atoms. The third-order valence-electron chi connectivity index (χ3n) is 6.44. The zero-order valence-corrected chi connectivity index (χ0v) is 23.7. The molecule has 0 saturated carbocycles. The summed E-state index contributed by atoms with van der Waals surface area (Å²) in [7, 11) is 3.22. The number of ether oxygens (including phenoxy) is 4. The third kappa shape index (κ3) is 5.54. The summed E-state index contributed by atoms with van der Waals surface area (Å²) in [5.41, 5.74) is 5.05. The van der Waals surface area contributed by atoms with Gasteiger partial charge < -0.3 is 24.3 Å². The Kier molecular flexibility index (Phi) is 8.71. The molecule has 0 saturated heterocycles. The zero-order chi connectivity index (χ0) is 28.1. The first kappa shape index (κ1) is 27.9. The van der Waals surface area contributed by atoms with E-state index in [1.807, 2.05) is 61.7 Å². The first-order valence-electron chi connectivity index (χ1n) is 12.6. The van der Waals surface area contributed by atoms with E-state index in [0.29, 0.717) is 34.0 Å². The second kappa shape index (κ2) is 12.2. The quantitative estimate of drug-likeness (QED) is 0.333. The van der Waals surface area contributed by atoms with Crippen molar-refractivity contribution >= 4 is 23.3 Å². The highest BCUT2D eigenvalue weighted by Crippen LogP contribution is 2.44. The Morgan fingerprint density at radius 1 is 0.897 bits per heavy atom. The van der Waals surface area contributed by atoms with Crippen LogP contribution in [0.3, 0.4) is 0 Å². The second-order valence-corrected chi connectivity index (χ2v) is 9.63. The van der Waals surface area contributed by atoms with Crippen LogP contribution in [-0.2, 0) is 19.1 Å². The van der Waals surface area contributed by atoms with Gasteiger partial charge in [-0.05, 0) is 51.5 Å². The molecular formula is C30H32N2O6S. The van der Waals surface area contributed by atoms with E-state index in [1.165, 1.54) is 11.3 Å². The topological polar surface area (TPSA) is 96.0 Å². The molecule has 0 spiro atoms. The molecule has 1 aliphatic rings. The molecule has 0 atom stereocenters. The molecule has 2 aromatic carbocycles. The monoisotopic (exact) mass is 548 g/mol. The van der Waals surface area contributed by atoms with Gasteiger partial charge in [-0.15, -0.1) is 11.3 Å². The van der Waals surface area contributed by atoms with Crippen LogP contribution in [-0.4, -0.2) is 44.4 Å². The van der Waals surface area contributed by atoms with E-state index in [-0.39, 0.29) is 13.2 Å². The van der Waals surface area contributed by atoms with Gasteiger partial charge in [0.05, 0.1) is 50.2 Å². The summed E-state index contributed by atoms with van der Waals surface area (Å²) in [4.78, 5) is 31.5. The molecule has 0 amide bonds. The number of hydrogen-bond acceptors (Lipinski definition) is 9. The number of benzene rings is 2. The maximum atomic E-state index is 13.3. The first-order valence-corrected chi connectivity index (χ1v) is 13.5. The van der Waals surface area contributed by atoms with Crippen molar-refractivity contribution in [3.63, 3.8) is 0 Å². The summed E-state index contributed by atoms with van der Waals surface area (Å²) in [6.07, 6.45) is 0. The van der Waals surface area contributed by atoms with E-state index in [2.05, 4.69) is 5.32 Å². The molecule has 9 heteroatoms. The molecule has 8 nitrogen and oxygen atoms in total. The molecule has 1 N–H and O–H groups in total. The molecule has 4 rings (SSSR count). The minimum Gasteiger partial charge on any atom is -0.497 e. The van der Waals surface area contributed by atoms with Crippen LogP contribution >= 0.6 is 11.3 Å². The van der Waals surface area contributed by atoms with E-state index >= 15 is 0 Å². The largest absolute Gasteiger partial charge is 0.497 e. The van der Waals surface area contributed by atoms with Crippen molar-refractivity contribution in [3.8, 4) is 33.3 Å². The fraction of sp³-hybridized carbons (Fsp3) is 0.300. The number of esters is 2. The van der Waals surface area contributed by atoms with Gasteiger partial charge in [0, 0.05) is 27.9 Å². The molecule has 0 aliphatic carbocycles. The molecule has 0 bridgehead atoms. The van der Waals surface area contributed by atoms with Gasteiger partial charge in [-0.1, -0.05) is 24.3 Å². The van der Waals surface area contributed by atoms with Crippen molar-refractivity contribution < 1.29 is 28.5 Å². The van der Waals surface area contributed by atoms with Crippen LogP contribution < -0.4 is 14.8 Å². The summed E-state index contributed by atoms with van der Waals surface area (Å²) in [6.45, 7) is 7.54. The second-order valence-electron chi connectivity index (χ2n) is 8.77. The van der Waals surface area contributed by atoms with Crippen molar-refractivity contribution in [2.75, 3.05) is 27.4 Å². The number of nitrogens with zero attached hydrogens (tertiary/aromatic N) is 1. The highest BCUT2D eigenvalue weighted by molar-refractivity contribution is 7.13. The van der Waals surface area contributed by atoms with Gasteiger partial charge in [-0.25, -0.2) is 14.6 Å². The molecule has 204 valence electrons. The Bertz CT molecular complexity index is 1420. The predicted molar refractivity (Wildman–Crippen MR) is 151 cm³/mol. The van der Waals surface area contributed by atoms with E-state index < -0.39 is 17.9 Å². The van der Waals surface area contributed by atoms with Crippen molar-refractivity contribution in [1.82, 2.24) is 10.3 Å². The lowest BCUT2D eigenvalue weighted by Crippen LogP contribution is -2.32. The minimum atomic E-state index is -0.709. The summed E-state index contributed by atoms with van der Waals surface area (Å²) in [6, 6.07) is 13.2. The number of aromatic nitrogens is 1.